The number of aryl methyl sites for hydroxylation is 1. The molecule has 74 valence electrons. The summed E-state index contributed by atoms with van der Waals surface area (Å²) >= 11 is 0. The molecule has 14 heavy (non-hydrogen) atoms. The van der Waals surface area contributed by atoms with E-state index in [4.69, 9.17) is 0 Å². The number of carbonyl (C=O) groups is 1. The average Bonchev–Trinajstić information content (AvgIpc) is 2.26. The van der Waals surface area contributed by atoms with E-state index < -0.39 is 0 Å². The highest BCUT2D eigenvalue weighted by Gasteiger charge is 2.18. The monoisotopic (exact) mass is 188 g/mol. The minimum atomic E-state index is 0.390. The summed E-state index contributed by atoms with van der Waals surface area (Å²) in [5.74, 6) is 0.929. The van der Waals surface area contributed by atoms with Gasteiger partial charge >= 0.3 is 0 Å². The summed E-state index contributed by atoms with van der Waals surface area (Å²) in [5.41, 5.74) is 3.88. The summed E-state index contributed by atoms with van der Waals surface area (Å²) < 4.78 is 0. The smallest absolute Gasteiger partial charge is 0.137 e. The molecule has 2 rings (SSSR count). The molecule has 1 aromatic rings. The van der Waals surface area contributed by atoms with Crippen molar-refractivity contribution in [2.24, 2.45) is 0 Å². The van der Waals surface area contributed by atoms with E-state index in [2.05, 4.69) is 32.0 Å². The number of fused-ring (bicyclic) bond motifs is 1. The molecule has 0 amide bonds. The van der Waals surface area contributed by atoms with E-state index in [0.29, 0.717) is 18.1 Å². The Morgan fingerprint density at radius 1 is 1.36 bits per heavy atom. The quantitative estimate of drug-likeness (QED) is 0.572. The molecule has 1 atom stereocenters. The molecule has 0 fully saturated rings. The van der Waals surface area contributed by atoms with Gasteiger partial charge in [-0.25, -0.2) is 0 Å². The fourth-order valence-corrected chi connectivity index (χ4v) is 2.20. The van der Waals surface area contributed by atoms with E-state index in [9.17, 15) is 4.79 Å². The fourth-order valence-electron chi connectivity index (χ4n) is 2.20. The van der Waals surface area contributed by atoms with Crippen LogP contribution in [0.1, 0.15) is 42.4 Å². The highest BCUT2D eigenvalue weighted by Crippen LogP contribution is 2.29. The molecule has 0 radical (unpaired) electrons. The molecule has 0 unspecified atom stereocenters. The van der Waals surface area contributed by atoms with Gasteiger partial charge in [0, 0.05) is 12.8 Å². The van der Waals surface area contributed by atoms with Gasteiger partial charge in [-0.15, -0.1) is 0 Å². The predicted octanol–water partition coefficient (Wildman–Crippen LogP) is 3.00. The van der Waals surface area contributed by atoms with Gasteiger partial charge in [0.25, 0.3) is 0 Å². The van der Waals surface area contributed by atoms with E-state index in [0.717, 1.165) is 12.8 Å². The van der Waals surface area contributed by atoms with Crippen molar-refractivity contribution in [3.63, 3.8) is 0 Å². The Bertz CT molecular complexity index is 365. The van der Waals surface area contributed by atoms with Crippen molar-refractivity contribution in [1.29, 1.82) is 0 Å². The average molecular weight is 188 g/mol. The summed E-state index contributed by atoms with van der Waals surface area (Å²) in [6.45, 7) is 4.30. The van der Waals surface area contributed by atoms with Gasteiger partial charge in [-0.3, -0.25) is 4.79 Å². The number of carbonyl (C=O) groups excluding carboxylic acids is 1. The zero-order chi connectivity index (χ0) is 10.1. The molecule has 0 saturated heterocycles. The van der Waals surface area contributed by atoms with E-state index in [1.165, 1.54) is 16.7 Å². The van der Waals surface area contributed by atoms with Crippen LogP contribution < -0.4 is 0 Å². The van der Waals surface area contributed by atoms with Crippen molar-refractivity contribution in [3.05, 3.63) is 34.9 Å². The molecule has 1 aromatic carbocycles. The Labute approximate surface area is 85.1 Å². The van der Waals surface area contributed by atoms with Crippen LogP contribution in [0, 0.1) is 6.92 Å². The molecule has 1 aliphatic carbocycles. The molecule has 0 aromatic heterocycles. The molecule has 0 bridgehead atoms. The maximum absolute atomic E-state index is 11.5. The van der Waals surface area contributed by atoms with Crippen LogP contribution in [0.25, 0.3) is 0 Å². The van der Waals surface area contributed by atoms with E-state index in [-0.39, 0.29) is 0 Å². The lowest BCUT2D eigenvalue weighted by molar-refractivity contribution is -0.118. The maximum atomic E-state index is 11.5. The molecule has 0 saturated carbocycles. The Morgan fingerprint density at radius 2 is 2.14 bits per heavy atom. The van der Waals surface area contributed by atoms with Gasteiger partial charge in [0.2, 0.25) is 0 Å². The van der Waals surface area contributed by atoms with Crippen molar-refractivity contribution in [2.75, 3.05) is 0 Å². The lowest BCUT2D eigenvalue weighted by Crippen LogP contribution is -2.00. The van der Waals surface area contributed by atoms with Gasteiger partial charge in [0.1, 0.15) is 5.78 Å². The minimum absolute atomic E-state index is 0.390. The van der Waals surface area contributed by atoms with Crippen LogP contribution >= 0.6 is 0 Å². The second-order valence-electron chi connectivity index (χ2n) is 4.36. The van der Waals surface area contributed by atoms with Crippen molar-refractivity contribution in [3.8, 4) is 0 Å². The molecule has 0 spiro atoms. The van der Waals surface area contributed by atoms with Gasteiger partial charge in [-0.1, -0.05) is 30.7 Å². The van der Waals surface area contributed by atoms with Crippen LogP contribution in [0.2, 0.25) is 0 Å². The van der Waals surface area contributed by atoms with Gasteiger partial charge in [0.05, 0.1) is 0 Å². The minimum Gasteiger partial charge on any atom is -0.299 e. The van der Waals surface area contributed by atoms with Crippen molar-refractivity contribution >= 4 is 5.78 Å². The first-order chi connectivity index (χ1) is 6.66. The second-order valence-corrected chi connectivity index (χ2v) is 4.36. The molecule has 1 nitrogen and oxygen atoms in total. The Hall–Kier alpha value is -1.11. The third-order valence-corrected chi connectivity index (χ3v) is 3.07. The predicted molar refractivity (Wildman–Crippen MR) is 57.5 cm³/mol. The van der Waals surface area contributed by atoms with Crippen LogP contribution in [0.15, 0.2) is 18.2 Å². The SMILES string of the molecule is Cc1ccc2c(c1)CC(=O)CC[C@@H]2C. The first-order valence-electron chi connectivity index (χ1n) is 5.28. The molecular weight excluding hydrogens is 172 g/mol. The van der Waals surface area contributed by atoms with Crippen LogP contribution in [0.3, 0.4) is 0 Å². The standard InChI is InChI=1S/C13H16O/c1-9-3-6-13-10(2)4-5-12(14)8-11(13)7-9/h3,6-7,10H,4-5,8H2,1-2H3/t10-/m0/s1. The van der Waals surface area contributed by atoms with Gasteiger partial charge in [-0.2, -0.15) is 0 Å². The summed E-state index contributed by atoms with van der Waals surface area (Å²) in [7, 11) is 0. The largest absolute Gasteiger partial charge is 0.299 e. The van der Waals surface area contributed by atoms with Crippen molar-refractivity contribution < 1.29 is 4.79 Å². The molecular formula is C13H16O. The Kier molecular flexibility index (Phi) is 2.40. The summed E-state index contributed by atoms with van der Waals surface area (Å²) in [5, 5.41) is 0. The summed E-state index contributed by atoms with van der Waals surface area (Å²) in [4.78, 5) is 11.5. The highest BCUT2D eigenvalue weighted by atomic mass is 16.1. The third kappa shape index (κ3) is 1.72. The number of benzene rings is 1. The van der Waals surface area contributed by atoms with Gasteiger partial charge in [0.15, 0.2) is 0 Å². The van der Waals surface area contributed by atoms with Crippen molar-refractivity contribution in [1.82, 2.24) is 0 Å². The first kappa shape index (κ1) is 9.45. The molecule has 0 aliphatic heterocycles. The van der Waals surface area contributed by atoms with E-state index >= 15 is 0 Å². The van der Waals surface area contributed by atoms with Crippen LogP contribution in [-0.2, 0) is 11.2 Å². The maximum Gasteiger partial charge on any atom is 0.137 e. The first-order valence-corrected chi connectivity index (χ1v) is 5.28. The normalized spacial score (nSPS) is 21.6. The van der Waals surface area contributed by atoms with Crippen molar-refractivity contribution in [2.45, 2.75) is 39.0 Å². The molecule has 1 heteroatoms. The number of hydrogen-bond acceptors (Lipinski definition) is 1. The van der Waals surface area contributed by atoms with Gasteiger partial charge < -0.3 is 0 Å². The van der Waals surface area contributed by atoms with E-state index in [1.54, 1.807) is 0 Å². The Balaban J connectivity index is 2.46. The lowest BCUT2D eigenvalue weighted by Gasteiger charge is -2.12. The zero-order valence-electron chi connectivity index (χ0n) is 8.84. The molecule has 0 heterocycles. The van der Waals surface area contributed by atoms with E-state index in [1.807, 2.05) is 0 Å². The number of hydrogen-bond donors (Lipinski definition) is 0. The third-order valence-electron chi connectivity index (χ3n) is 3.07. The number of Topliss-reactive ketones (excluding diaryl/α,β-unsaturated/α-hetero) is 1. The van der Waals surface area contributed by atoms with Crippen LogP contribution in [0.4, 0.5) is 0 Å². The van der Waals surface area contributed by atoms with Crippen LogP contribution in [-0.4, -0.2) is 5.78 Å². The number of rotatable bonds is 0. The zero-order valence-corrected chi connectivity index (χ0v) is 8.84. The van der Waals surface area contributed by atoms with Gasteiger partial charge in [-0.05, 0) is 30.4 Å². The second kappa shape index (κ2) is 3.56. The highest BCUT2D eigenvalue weighted by molar-refractivity contribution is 5.82. The molecule has 1 aliphatic rings. The fraction of sp³-hybridized carbons (Fsp3) is 0.462. The molecule has 0 N–H and O–H groups in total. The lowest BCUT2D eigenvalue weighted by atomic mass is 9.93. The van der Waals surface area contributed by atoms with Crippen LogP contribution in [0.5, 0.6) is 0 Å². The summed E-state index contributed by atoms with van der Waals surface area (Å²) in [6, 6.07) is 6.49. The Morgan fingerprint density at radius 3 is 2.93 bits per heavy atom. The summed E-state index contributed by atoms with van der Waals surface area (Å²) in [6.07, 6.45) is 2.39. The number of ketones is 1. The topological polar surface area (TPSA) is 17.1 Å².